The monoisotopic (exact) mass is 568 g/mol. The van der Waals surface area contributed by atoms with Crippen LogP contribution in [0, 0.1) is 0 Å². The topological polar surface area (TPSA) is 34.1 Å². The lowest BCUT2D eigenvalue weighted by Gasteiger charge is -2.15. The fourth-order valence-corrected chi connectivity index (χ4v) is 13.4. The molecular formula is C21H28O2S8. The molecule has 2 nitrogen and oxygen atoms in total. The molecule has 0 bridgehead atoms. The van der Waals surface area contributed by atoms with E-state index in [2.05, 4.69) is 45.7 Å². The zero-order valence-electron chi connectivity index (χ0n) is 17.9. The second-order valence-corrected chi connectivity index (χ2v) is 17.1. The molecule has 2 aliphatic heterocycles. The maximum Gasteiger partial charge on any atom is 0.211 e. The number of hydrogen-bond donors (Lipinski definition) is 0. The Bertz CT molecular complexity index is 746. The number of rotatable bonds is 13. The molecule has 0 aromatic rings. The van der Waals surface area contributed by atoms with Crippen LogP contribution in [-0.4, -0.2) is 53.4 Å². The third-order valence-electron chi connectivity index (χ3n) is 4.10. The average Bonchev–Trinajstić information content (AvgIpc) is 3.29. The Hall–Kier alpha value is 1.10. The highest BCUT2D eigenvalue weighted by Gasteiger charge is 2.26. The van der Waals surface area contributed by atoms with Crippen LogP contribution in [0.1, 0.15) is 20.8 Å². The van der Waals surface area contributed by atoms with E-state index in [1.54, 1.807) is 0 Å². The average molecular weight is 569 g/mol. The number of allylic oxidation sites excluding steroid dienone is 2. The first-order valence-corrected chi connectivity index (χ1v) is 17.4. The van der Waals surface area contributed by atoms with E-state index in [9.17, 15) is 9.59 Å². The van der Waals surface area contributed by atoms with Gasteiger partial charge in [-0.15, -0.1) is 47.0 Å². The van der Waals surface area contributed by atoms with Crippen molar-refractivity contribution in [2.24, 2.45) is 0 Å². The van der Waals surface area contributed by atoms with Crippen LogP contribution in [0.3, 0.4) is 0 Å². The molecule has 3 atom stereocenters. The van der Waals surface area contributed by atoms with Gasteiger partial charge in [0.1, 0.15) is 0 Å². The summed E-state index contributed by atoms with van der Waals surface area (Å²) < 4.78 is 1.11. The summed E-state index contributed by atoms with van der Waals surface area (Å²) in [6.45, 7) is 13.7. The van der Waals surface area contributed by atoms with Crippen molar-refractivity contribution in [2.75, 3.05) is 28.8 Å². The molecular weight excluding hydrogens is 541 g/mol. The molecule has 2 rings (SSSR count). The second kappa shape index (κ2) is 15.2. The summed E-state index contributed by atoms with van der Waals surface area (Å²) >= 11 is 14.5. The maximum absolute atomic E-state index is 11.5. The molecule has 0 fully saturated rings. The Labute approximate surface area is 221 Å². The van der Waals surface area contributed by atoms with Crippen LogP contribution in [0.5, 0.6) is 0 Å². The second-order valence-electron chi connectivity index (χ2n) is 6.59. The lowest BCUT2D eigenvalue weighted by atomic mass is 10.6. The summed E-state index contributed by atoms with van der Waals surface area (Å²) in [5.74, 6) is 4.96. The standard InChI is InChI=1S/C21H28O2S8/c1-6-18(22)26-9-16-14(4)28-20(30-16)11-24-8-13(3)25-12-21-29-15(5)17(31-21)10-27-19(23)7-2/h6-7,13,20-21H,1-2,8-12H2,3-5H3. The summed E-state index contributed by atoms with van der Waals surface area (Å²) in [5, 5.41) is 0.724. The SMILES string of the molecule is C=CC(=O)SCC1=C(C)SC(CSCC(C)SCC2SC(C)=C(CSC(=O)C=C)S2)S1. The highest BCUT2D eigenvalue weighted by atomic mass is 32.2. The van der Waals surface area contributed by atoms with E-state index in [0.717, 1.165) is 28.8 Å². The number of thioether (sulfide) groups is 8. The van der Waals surface area contributed by atoms with Gasteiger partial charge in [0, 0.05) is 43.8 Å². The highest BCUT2D eigenvalue weighted by molar-refractivity contribution is 8.26. The lowest BCUT2D eigenvalue weighted by Crippen LogP contribution is -2.08. The van der Waals surface area contributed by atoms with Crippen molar-refractivity contribution in [2.45, 2.75) is 35.2 Å². The molecule has 0 radical (unpaired) electrons. The highest BCUT2D eigenvalue weighted by Crippen LogP contribution is 2.49. The molecule has 2 aliphatic rings. The van der Waals surface area contributed by atoms with Gasteiger partial charge in [-0.3, -0.25) is 9.59 Å². The van der Waals surface area contributed by atoms with Crippen molar-refractivity contribution in [3.63, 3.8) is 0 Å². The number of carbonyl (C=O) groups excluding carboxylic acids is 2. The fraction of sp³-hybridized carbons (Fsp3) is 0.524. The van der Waals surface area contributed by atoms with Crippen LogP contribution in [0.2, 0.25) is 0 Å². The molecule has 10 heteroatoms. The van der Waals surface area contributed by atoms with E-state index >= 15 is 0 Å². The van der Waals surface area contributed by atoms with Gasteiger partial charge in [0.25, 0.3) is 0 Å². The van der Waals surface area contributed by atoms with Crippen molar-refractivity contribution >= 4 is 104 Å². The van der Waals surface area contributed by atoms with Gasteiger partial charge in [-0.2, -0.15) is 23.5 Å². The van der Waals surface area contributed by atoms with Gasteiger partial charge in [0.05, 0.1) is 9.16 Å². The minimum atomic E-state index is 0.0504. The Kier molecular flexibility index (Phi) is 13.9. The van der Waals surface area contributed by atoms with Crippen LogP contribution >= 0.6 is 94.1 Å². The Morgan fingerprint density at radius 3 is 1.87 bits per heavy atom. The summed E-state index contributed by atoms with van der Waals surface area (Å²) in [4.78, 5) is 28.3. The van der Waals surface area contributed by atoms with E-state index in [-0.39, 0.29) is 10.2 Å². The summed E-state index contributed by atoms with van der Waals surface area (Å²) in [7, 11) is 0. The van der Waals surface area contributed by atoms with E-state index in [1.807, 2.05) is 58.8 Å². The zero-order chi connectivity index (χ0) is 22.8. The van der Waals surface area contributed by atoms with Crippen molar-refractivity contribution in [3.8, 4) is 0 Å². The smallest absolute Gasteiger partial charge is 0.211 e. The van der Waals surface area contributed by atoms with Crippen LogP contribution in [-0.2, 0) is 9.59 Å². The Morgan fingerprint density at radius 2 is 1.39 bits per heavy atom. The number of hydrogen-bond acceptors (Lipinski definition) is 10. The van der Waals surface area contributed by atoms with E-state index in [4.69, 9.17) is 0 Å². The molecule has 0 saturated carbocycles. The normalized spacial score (nSPS) is 22.2. The summed E-state index contributed by atoms with van der Waals surface area (Å²) in [6.07, 6.45) is 2.78. The third kappa shape index (κ3) is 10.5. The predicted octanol–water partition coefficient (Wildman–Crippen LogP) is 7.81. The van der Waals surface area contributed by atoms with Crippen molar-refractivity contribution in [1.82, 2.24) is 0 Å². The molecule has 172 valence electrons. The minimum absolute atomic E-state index is 0.0504. The third-order valence-corrected chi connectivity index (χ3v) is 15.7. The molecule has 0 spiro atoms. The van der Waals surface area contributed by atoms with E-state index < -0.39 is 0 Å². The molecule has 0 aromatic carbocycles. The summed E-state index contributed by atoms with van der Waals surface area (Å²) in [5.41, 5.74) is 0. The molecule has 0 aromatic heterocycles. The Balaban J connectivity index is 1.58. The molecule has 0 N–H and O–H groups in total. The molecule has 31 heavy (non-hydrogen) atoms. The van der Waals surface area contributed by atoms with Crippen LogP contribution < -0.4 is 0 Å². The van der Waals surface area contributed by atoms with Gasteiger partial charge < -0.3 is 0 Å². The van der Waals surface area contributed by atoms with Crippen LogP contribution in [0.4, 0.5) is 0 Å². The van der Waals surface area contributed by atoms with Crippen molar-refractivity contribution in [3.05, 3.63) is 44.9 Å². The maximum atomic E-state index is 11.5. The molecule has 3 unspecified atom stereocenters. The molecule has 2 heterocycles. The number of carbonyl (C=O) groups is 2. The van der Waals surface area contributed by atoms with E-state index in [1.165, 1.54) is 55.3 Å². The first-order chi connectivity index (χ1) is 14.8. The van der Waals surface area contributed by atoms with Gasteiger partial charge in [0.15, 0.2) is 0 Å². The Morgan fingerprint density at radius 1 is 0.903 bits per heavy atom. The lowest BCUT2D eigenvalue weighted by molar-refractivity contribution is -0.107. The fourth-order valence-electron chi connectivity index (χ4n) is 2.48. The first kappa shape index (κ1) is 28.3. The van der Waals surface area contributed by atoms with Crippen molar-refractivity contribution < 1.29 is 9.59 Å². The summed E-state index contributed by atoms with van der Waals surface area (Å²) in [6, 6.07) is 0. The molecule has 0 amide bonds. The quantitative estimate of drug-likeness (QED) is 0.205. The van der Waals surface area contributed by atoms with Crippen LogP contribution in [0.25, 0.3) is 0 Å². The van der Waals surface area contributed by atoms with Gasteiger partial charge in [-0.05, 0) is 35.8 Å². The van der Waals surface area contributed by atoms with Gasteiger partial charge >= 0.3 is 0 Å². The van der Waals surface area contributed by atoms with Crippen molar-refractivity contribution in [1.29, 1.82) is 0 Å². The first-order valence-electron chi connectivity index (χ1n) is 9.66. The molecule has 0 saturated heterocycles. The van der Waals surface area contributed by atoms with Gasteiger partial charge in [0.2, 0.25) is 10.2 Å². The van der Waals surface area contributed by atoms with Gasteiger partial charge in [-0.1, -0.05) is 43.6 Å². The zero-order valence-corrected chi connectivity index (χ0v) is 24.5. The molecule has 0 aliphatic carbocycles. The largest absolute Gasteiger partial charge is 0.282 e. The van der Waals surface area contributed by atoms with Gasteiger partial charge in [-0.25, -0.2) is 0 Å². The predicted molar refractivity (Wildman–Crippen MR) is 158 cm³/mol. The minimum Gasteiger partial charge on any atom is -0.282 e. The van der Waals surface area contributed by atoms with E-state index in [0.29, 0.717) is 14.4 Å². The van der Waals surface area contributed by atoms with Crippen LogP contribution in [0.15, 0.2) is 44.9 Å².